The van der Waals surface area contributed by atoms with E-state index >= 15 is 0 Å². The fraction of sp³-hybridized carbons (Fsp3) is 0.235. The van der Waals surface area contributed by atoms with Crippen LogP contribution in [0.15, 0.2) is 43.1 Å². The van der Waals surface area contributed by atoms with Crippen LogP contribution in [0.5, 0.6) is 5.75 Å². The van der Waals surface area contributed by atoms with E-state index in [4.69, 9.17) is 4.74 Å². The number of fused-ring (bicyclic) bond motifs is 1. The molecule has 1 N–H and O–H groups in total. The molecule has 0 saturated heterocycles. The molecule has 0 amide bonds. The molecule has 1 aliphatic rings. The zero-order chi connectivity index (χ0) is 15.0. The van der Waals surface area contributed by atoms with Crippen molar-refractivity contribution in [3.05, 3.63) is 71.1 Å². The third-order valence-electron chi connectivity index (χ3n) is 4.04. The number of hydrogen-bond donors (Lipinski definition) is 2. The van der Waals surface area contributed by atoms with E-state index in [1.165, 1.54) is 0 Å². The number of ether oxygens (including phenoxy) is 1. The number of aryl methyl sites for hydroxylation is 1. The van der Waals surface area contributed by atoms with Crippen molar-refractivity contribution in [2.24, 2.45) is 0 Å². The second-order valence-electron chi connectivity index (χ2n) is 5.17. The predicted octanol–water partition coefficient (Wildman–Crippen LogP) is 3.49. The summed E-state index contributed by atoms with van der Waals surface area (Å²) in [4.78, 5) is 4.26. The highest BCUT2D eigenvalue weighted by molar-refractivity contribution is 7.79. The number of aromatic hydroxyl groups is 1. The van der Waals surface area contributed by atoms with E-state index in [0.717, 1.165) is 22.3 Å². The van der Waals surface area contributed by atoms with Gasteiger partial charge >= 0.3 is 0 Å². The summed E-state index contributed by atoms with van der Waals surface area (Å²) in [6.07, 6.45) is 3.54. The van der Waals surface area contributed by atoms with Crippen LogP contribution in [0, 0.1) is 6.92 Å². The summed E-state index contributed by atoms with van der Waals surface area (Å²) in [7, 11) is 0. The number of benzene rings is 1. The van der Waals surface area contributed by atoms with Gasteiger partial charge in [0.2, 0.25) is 0 Å². The maximum absolute atomic E-state index is 10.2. The van der Waals surface area contributed by atoms with Crippen LogP contribution in [0.3, 0.4) is 0 Å². The van der Waals surface area contributed by atoms with E-state index in [1.54, 1.807) is 19.2 Å². The minimum absolute atomic E-state index is 0.211. The van der Waals surface area contributed by atoms with Gasteiger partial charge in [0, 0.05) is 23.1 Å². The Labute approximate surface area is 129 Å². The van der Waals surface area contributed by atoms with E-state index in [-0.39, 0.29) is 5.75 Å². The summed E-state index contributed by atoms with van der Waals surface area (Å²) in [6.45, 7) is 6.07. The molecule has 21 heavy (non-hydrogen) atoms. The second-order valence-corrected chi connectivity index (χ2v) is 5.48. The molecule has 0 radical (unpaired) electrons. The molecule has 1 atom stereocenters. The van der Waals surface area contributed by atoms with Crippen molar-refractivity contribution in [1.29, 1.82) is 0 Å². The molecule has 2 heterocycles. The zero-order valence-electron chi connectivity index (χ0n) is 11.8. The van der Waals surface area contributed by atoms with Gasteiger partial charge < -0.3 is 9.84 Å². The van der Waals surface area contributed by atoms with Crippen LogP contribution in [0.25, 0.3) is 0 Å². The molecular weight excluding hydrogens is 282 g/mol. The Balaban J connectivity index is 2.16. The van der Waals surface area contributed by atoms with Gasteiger partial charge in [-0.05, 0) is 18.1 Å². The van der Waals surface area contributed by atoms with Crippen molar-refractivity contribution >= 4 is 12.6 Å². The summed E-state index contributed by atoms with van der Waals surface area (Å²) in [5, 5.41) is 10.2. The van der Waals surface area contributed by atoms with Crippen molar-refractivity contribution in [3.8, 4) is 5.75 Å². The van der Waals surface area contributed by atoms with Crippen LogP contribution in [0.2, 0.25) is 0 Å². The summed E-state index contributed by atoms with van der Waals surface area (Å²) in [5.41, 5.74) is 3.64. The summed E-state index contributed by atoms with van der Waals surface area (Å²) >= 11 is 4.27. The van der Waals surface area contributed by atoms with Gasteiger partial charge in [0.25, 0.3) is 0 Å². The van der Waals surface area contributed by atoms with Crippen LogP contribution in [0.4, 0.5) is 0 Å². The van der Waals surface area contributed by atoms with E-state index in [9.17, 15) is 5.11 Å². The highest BCUT2D eigenvalue weighted by Gasteiger charge is 2.41. The number of aromatic nitrogens is 1. The van der Waals surface area contributed by atoms with Gasteiger partial charge in [-0.15, -0.1) is 0 Å². The van der Waals surface area contributed by atoms with Crippen molar-refractivity contribution in [1.82, 2.24) is 4.98 Å². The maximum Gasteiger partial charge on any atom is 0.142 e. The fourth-order valence-corrected chi connectivity index (χ4v) is 2.97. The largest absolute Gasteiger partial charge is 0.506 e. The molecule has 2 aromatic rings. The Morgan fingerprint density at radius 3 is 2.76 bits per heavy atom. The smallest absolute Gasteiger partial charge is 0.142 e. The van der Waals surface area contributed by atoms with Crippen LogP contribution in [0.1, 0.15) is 27.9 Å². The first kappa shape index (κ1) is 14.2. The topological polar surface area (TPSA) is 42.4 Å². The number of nitrogens with zero attached hydrogens (tertiary/aromatic N) is 1. The number of rotatable bonds is 3. The minimum Gasteiger partial charge on any atom is -0.506 e. The molecule has 0 spiro atoms. The Bertz CT molecular complexity index is 697. The Kier molecular flexibility index (Phi) is 3.51. The van der Waals surface area contributed by atoms with E-state index in [2.05, 4.69) is 24.2 Å². The third kappa shape index (κ3) is 2.06. The lowest BCUT2D eigenvalue weighted by molar-refractivity contribution is 0.0326. The lowest BCUT2D eigenvalue weighted by Gasteiger charge is -2.26. The first-order valence-corrected chi connectivity index (χ1v) is 7.41. The van der Waals surface area contributed by atoms with Gasteiger partial charge in [0.1, 0.15) is 11.4 Å². The molecule has 108 valence electrons. The number of hydrogen-bond acceptors (Lipinski definition) is 4. The predicted molar refractivity (Wildman–Crippen MR) is 85.5 cm³/mol. The SMILES string of the molecule is C=CC1(c2ccc(CS)cc2)OCc2c1cnc(C)c2O. The van der Waals surface area contributed by atoms with Crippen LogP contribution >= 0.6 is 12.6 Å². The maximum atomic E-state index is 10.2. The van der Waals surface area contributed by atoms with Crippen molar-refractivity contribution < 1.29 is 9.84 Å². The molecule has 3 nitrogen and oxygen atoms in total. The quantitative estimate of drug-likeness (QED) is 0.673. The van der Waals surface area contributed by atoms with Gasteiger partial charge in [-0.3, -0.25) is 4.98 Å². The monoisotopic (exact) mass is 299 g/mol. The average Bonchev–Trinajstić information content (AvgIpc) is 2.91. The first-order valence-electron chi connectivity index (χ1n) is 6.78. The van der Waals surface area contributed by atoms with Crippen molar-refractivity contribution in [2.75, 3.05) is 0 Å². The van der Waals surface area contributed by atoms with E-state index < -0.39 is 5.60 Å². The first-order chi connectivity index (χ1) is 10.1. The standard InChI is InChI=1S/C17H17NO2S/c1-3-17(13-6-4-12(10-21)5-7-13)15-8-18-11(2)16(19)14(15)9-20-17/h3-8,19,21H,1,9-10H2,2H3. The number of pyridine rings is 1. The molecule has 1 aromatic heterocycles. The van der Waals surface area contributed by atoms with Crippen LogP contribution < -0.4 is 0 Å². The molecule has 1 aromatic carbocycles. The second kappa shape index (κ2) is 5.20. The molecule has 4 heteroatoms. The normalized spacial score (nSPS) is 20.3. The van der Waals surface area contributed by atoms with Crippen molar-refractivity contribution in [3.63, 3.8) is 0 Å². The van der Waals surface area contributed by atoms with Crippen LogP contribution in [-0.2, 0) is 22.7 Å². The molecule has 0 saturated carbocycles. The van der Waals surface area contributed by atoms with Gasteiger partial charge in [-0.25, -0.2) is 0 Å². The molecule has 3 rings (SSSR count). The van der Waals surface area contributed by atoms with Gasteiger partial charge in [-0.2, -0.15) is 12.6 Å². The molecule has 0 fully saturated rings. The Morgan fingerprint density at radius 2 is 2.14 bits per heavy atom. The lowest BCUT2D eigenvalue weighted by atomic mass is 9.86. The molecule has 0 bridgehead atoms. The molecule has 1 unspecified atom stereocenters. The number of thiol groups is 1. The fourth-order valence-electron chi connectivity index (χ4n) is 2.76. The summed E-state index contributed by atoms with van der Waals surface area (Å²) in [6, 6.07) is 8.07. The highest BCUT2D eigenvalue weighted by Crippen LogP contribution is 2.45. The zero-order valence-corrected chi connectivity index (χ0v) is 12.7. The van der Waals surface area contributed by atoms with E-state index in [1.807, 2.05) is 24.3 Å². The summed E-state index contributed by atoms with van der Waals surface area (Å²) in [5.74, 6) is 0.906. The van der Waals surface area contributed by atoms with E-state index in [0.29, 0.717) is 18.1 Å². The molecule has 0 aliphatic carbocycles. The molecular formula is C17H17NO2S. The summed E-state index contributed by atoms with van der Waals surface area (Å²) < 4.78 is 6.02. The Hall–Kier alpha value is -1.78. The Morgan fingerprint density at radius 1 is 1.43 bits per heavy atom. The van der Waals surface area contributed by atoms with Gasteiger partial charge in [0.15, 0.2) is 0 Å². The minimum atomic E-state index is -0.747. The third-order valence-corrected chi connectivity index (χ3v) is 4.40. The van der Waals surface area contributed by atoms with Gasteiger partial charge in [-0.1, -0.05) is 36.9 Å². The highest BCUT2D eigenvalue weighted by atomic mass is 32.1. The lowest BCUT2D eigenvalue weighted by Crippen LogP contribution is -2.24. The van der Waals surface area contributed by atoms with Crippen molar-refractivity contribution in [2.45, 2.75) is 24.9 Å². The van der Waals surface area contributed by atoms with Gasteiger partial charge in [0.05, 0.1) is 12.3 Å². The van der Waals surface area contributed by atoms with Crippen LogP contribution in [-0.4, -0.2) is 10.1 Å². The molecule has 1 aliphatic heterocycles. The average molecular weight is 299 g/mol.